The highest BCUT2D eigenvalue weighted by Gasteiger charge is 2.07. The normalized spacial score (nSPS) is 9.57. The first-order valence-corrected chi connectivity index (χ1v) is 7.25. The van der Waals surface area contributed by atoms with Gasteiger partial charge in [0.25, 0.3) is 0 Å². The van der Waals surface area contributed by atoms with Crippen molar-refractivity contribution in [3.05, 3.63) is 59.7 Å². The zero-order valence-electron chi connectivity index (χ0n) is 12.5. The molecule has 1 amide bonds. The van der Waals surface area contributed by atoms with Gasteiger partial charge in [-0.15, -0.1) is 0 Å². The number of hydrogen-bond donors (Lipinski definition) is 2. The first kappa shape index (κ1) is 16.5. The van der Waals surface area contributed by atoms with Crippen molar-refractivity contribution in [2.75, 3.05) is 12.4 Å². The molecule has 23 heavy (non-hydrogen) atoms. The molecule has 0 fully saturated rings. The zero-order valence-corrected chi connectivity index (χ0v) is 13.3. The largest absolute Gasteiger partial charge is 0.497 e. The lowest BCUT2D eigenvalue weighted by Gasteiger charge is -2.10. The molecule has 0 unspecified atom stereocenters. The van der Waals surface area contributed by atoms with Crippen LogP contribution in [0.25, 0.3) is 0 Å². The molecule has 2 rings (SSSR count). The number of carbonyl (C=O) groups is 1. The van der Waals surface area contributed by atoms with Crippen LogP contribution in [0.3, 0.4) is 0 Å². The third kappa shape index (κ3) is 5.09. The number of anilines is 1. The fourth-order valence-corrected chi connectivity index (χ4v) is 2.16. The van der Waals surface area contributed by atoms with E-state index < -0.39 is 0 Å². The Labute approximate surface area is 139 Å². The Balaban J connectivity index is 1.88. The van der Waals surface area contributed by atoms with Crippen LogP contribution in [-0.2, 0) is 11.2 Å². The Morgan fingerprint density at radius 3 is 2.65 bits per heavy atom. The second-order valence-corrected chi connectivity index (χ2v) is 5.13. The quantitative estimate of drug-likeness (QED) is 0.845. The molecular formula is C17H15N3O2S. The average molecular weight is 325 g/mol. The van der Waals surface area contributed by atoms with E-state index in [0.29, 0.717) is 11.3 Å². The SMILES string of the molecule is COc1ccc(CC(=O)NC(=S)Nc2cccc(C#N)c2)cc1. The number of nitrogens with one attached hydrogen (secondary N) is 2. The maximum atomic E-state index is 12.0. The minimum absolute atomic E-state index is 0.193. The first-order valence-electron chi connectivity index (χ1n) is 6.84. The zero-order chi connectivity index (χ0) is 16.7. The molecule has 0 spiro atoms. The first-order chi connectivity index (χ1) is 11.1. The third-order valence-corrected chi connectivity index (χ3v) is 3.23. The standard InChI is InChI=1S/C17H15N3O2S/c1-22-15-7-5-12(6-8-15)10-16(21)20-17(23)19-14-4-2-3-13(9-14)11-18/h2-9H,10H2,1H3,(H2,19,20,21,23). The van der Waals surface area contributed by atoms with E-state index in [4.69, 9.17) is 22.2 Å². The number of amides is 1. The molecular weight excluding hydrogens is 310 g/mol. The molecule has 5 nitrogen and oxygen atoms in total. The maximum absolute atomic E-state index is 12.0. The number of hydrogen-bond acceptors (Lipinski definition) is 4. The van der Waals surface area contributed by atoms with Crippen molar-refractivity contribution in [3.63, 3.8) is 0 Å². The summed E-state index contributed by atoms with van der Waals surface area (Å²) in [5.74, 6) is 0.521. The number of ether oxygens (including phenoxy) is 1. The van der Waals surface area contributed by atoms with E-state index in [-0.39, 0.29) is 17.4 Å². The van der Waals surface area contributed by atoms with Crippen LogP contribution >= 0.6 is 12.2 Å². The van der Waals surface area contributed by atoms with E-state index in [1.165, 1.54) is 0 Å². The Kier molecular flexibility index (Phi) is 5.67. The van der Waals surface area contributed by atoms with Crippen LogP contribution in [0.4, 0.5) is 5.69 Å². The Hall–Kier alpha value is -2.91. The summed E-state index contributed by atoms with van der Waals surface area (Å²) in [6.45, 7) is 0. The molecule has 0 saturated carbocycles. The molecule has 0 atom stereocenters. The summed E-state index contributed by atoms with van der Waals surface area (Å²) in [5, 5.41) is 14.5. The van der Waals surface area contributed by atoms with Crippen molar-refractivity contribution >= 4 is 28.9 Å². The van der Waals surface area contributed by atoms with Gasteiger partial charge in [-0.2, -0.15) is 5.26 Å². The summed E-state index contributed by atoms with van der Waals surface area (Å²) in [5.41, 5.74) is 2.03. The van der Waals surface area contributed by atoms with Crippen molar-refractivity contribution in [1.29, 1.82) is 5.26 Å². The van der Waals surface area contributed by atoms with Crippen LogP contribution in [0.15, 0.2) is 48.5 Å². The van der Waals surface area contributed by atoms with Gasteiger partial charge >= 0.3 is 0 Å². The fraction of sp³-hybridized carbons (Fsp3) is 0.118. The summed E-state index contributed by atoms with van der Waals surface area (Å²) < 4.78 is 5.07. The van der Waals surface area contributed by atoms with Crippen molar-refractivity contribution in [2.24, 2.45) is 0 Å². The predicted molar refractivity (Wildman–Crippen MR) is 92.2 cm³/mol. The van der Waals surface area contributed by atoms with Gasteiger partial charge in [0.1, 0.15) is 5.75 Å². The van der Waals surface area contributed by atoms with Crippen molar-refractivity contribution in [3.8, 4) is 11.8 Å². The number of methoxy groups -OCH3 is 1. The van der Waals surface area contributed by atoms with Crippen LogP contribution in [-0.4, -0.2) is 18.1 Å². The smallest absolute Gasteiger partial charge is 0.230 e. The Morgan fingerprint density at radius 2 is 2.00 bits per heavy atom. The molecule has 0 aliphatic rings. The van der Waals surface area contributed by atoms with E-state index >= 15 is 0 Å². The van der Waals surface area contributed by atoms with Crippen molar-refractivity contribution < 1.29 is 9.53 Å². The minimum Gasteiger partial charge on any atom is -0.497 e. The molecule has 0 heterocycles. The van der Waals surface area contributed by atoms with Gasteiger partial charge in [0, 0.05) is 5.69 Å². The molecule has 0 bridgehead atoms. The lowest BCUT2D eigenvalue weighted by Crippen LogP contribution is -2.35. The third-order valence-electron chi connectivity index (χ3n) is 3.03. The summed E-state index contributed by atoms with van der Waals surface area (Å²) in [7, 11) is 1.59. The lowest BCUT2D eigenvalue weighted by atomic mass is 10.1. The number of nitriles is 1. The van der Waals surface area contributed by atoms with Gasteiger partial charge in [0.05, 0.1) is 25.2 Å². The molecule has 0 aliphatic carbocycles. The predicted octanol–water partition coefficient (Wildman–Crippen LogP) is 2.62. The van der Waals surface area contributed by atoms with Crippen LogP contribution in [0.5, 0.6) is 5.75 Å². The van der Waals surface area contributed by atoms with Crippen molar-refractivity contribution in [2.45, 2.75) is 6.42 Å². The van der Waals surface area contributed by atoms with Gasteiger partial charge < -0.3 is 15.4 Å². The molecule has 6 heteroatoms. The highest BCUT2D eigenvalue weighted by atomic mass is 32.1. The summed E-state index contributed by atoms with van der Waals surface area (Å²) in [6.07, 6.45) is 0.212. The minimum atomic E-state index is -0.218. The van der Waals surface area contributed by atoms with Gasteiger partial charge in [-0.05, 0) is 48.1 Å². The number of rotatable bonds is 4. The van der Waals surface area contributed by atoms with Gasteiger partial charge in [-0.3, -0.25) is 4.79 Å². The number of nitrogens with zero attached hydrogens (tertiary/aromatic N) is 1. The molecule has 0 aliphatic heterocycles. The van der Waals surface area contributed by atoms with E-state index in [2.05, 4.69) is 10.6 Å². The van der Waals surface area contributed by atoms with Crippen LogP contribution < -0.4 is 15.4 Å². The lowest BCUT2D eigenvalue weighted by molar-refractivity contribution is -0.119. The second-order valence-electron chi connectivity index (χ2n) is 4.72. The highest BCUT2D eigenvalue weighted by Crippen LogP contribution is 2.12. The van der Waals surface area contributed by atoms with E-state index in [1.54, 1.807) is 43.5 Å². The number of benzene rings is 2. The molecule has 2 N–H and O–H groups in total. The number of thiocarbonyl (C=S) groups is 1. The summed E-state index contributed by atoms with van der Waals surface area (Å²) in [4.78, 5) is 12.0. The highest BCUT2D eigenvalue weighted by molar-refractivity contribution is 7.80. The monoisotopic (exact) mass is 325 g/mol. The van der Waals surface area contributed by atoms with Gasteiger partial charge in [0.15, 0.2) is 5.11 Å². The van der Waals surface area contributed by atoms with E-state index in [9.17, 15) is 4.79 Å². The summed E-state index contributed by atoms with van der Waals surface area (Å²) >= 11 is 5.10. The topological polar surface area (TPSA) is 74.2 Å². The van der Waals surface area contributed by atoms with Gasteiger partial charge in [0.2, 0.25) is 5.91 Å². The van der Waals surface area contributed by atoms with E-state index in [1.807, 2.05) is 18.2 Å². The van der Waals surface area contributed by atoms with Crippen LogP contribution in [0.1, 0.15) is 11.1 Å². The average Bonchev–Trinajstić information content (AvgIpc) is 2.55. The van der Waals surface area contributed by atoms with Crippen LogP contribution in [0, 0.1) is 11.3 Å². The Morgan fingerprint density at radius 1 is 1.26 bits per heavy atom. The Bertz CT molecular complexity index is 751. The molecule has 0 radical (unpaired) electrons. The number of carbonyl (C=O) groups excluding carboxylic acids is 1. The van der Waals surface area contributed by atoms with Gasteiger partial charge in [-0.1, -0.05) is 18.2 Å². The van der Waals surface area contributed by atoms with Crippen molar-refractivity contribution in [1.82, 2.24) is 5.32 Å². The molecule has 2 aromatic carbocycles. The molecule has 2 aromatic rings. The molecule has 0 aromatic heterocycles. The van der Waals surface area contributed by atoms with Crippen LogP contribution in [0.2, 0.25) is 0 Å². The maximum Gasteiger partial charge on any atom is 0.230 e. The molecule has 0 saturated heterocycles. The second kappa shape index (κ2) is 7.92. The summed E-state index contributed by atoms with van der Waals surface area (Å²) in [6, 6.07) is 16.1. The fourth-order valence-electron chi connectivity index (χ4n) is 1.93. The van der Waals surface area contributed by atoms with E-state index in [0.717, 1.165) is 11.3 Å². The molecule has 116 valence electrons. The van der Waals surface area contributed by atoms with Gasteiger partial charge in [-0.25, -0.2) is 0 Å².